The first-order valence-electron chi connectivity index (χ1n) is 23.1. The molecule has 1 aliphatic heterocycles. The van der Waals surface area contributed by atoms with Crippen molar-refractivity contribution in [3.05, 3.63) is 99.7 Å². The fourth-order valence-corrected chi connectivity index (χ4v) is 9.50. The number of carbonyl (C=O) groups is 5. The van der Waals surface area contributed by atoms with Gasteiger partial charge in [-0.15, -0.1) is 6.42 Å². The van der Waals surface area contributed by atoms with E-state index in [1.807, 2.05) is 0 Å². The van der Waals surface area contributed by atoms with Crippen molar-refractivity contribution >= 4 is 79.0 Å². The van der Waals surface area contributed by atoms with Gasteiger partial charge in [-0.05, 0) is 75.8 Å². The van der Waals surface area contributed by atoms with Crippen LogP contribution < -0.4 is 43.9 Å². The number of nitrogens with zero attached hydrogens (tertiary/aromatic N) is 8. The molecule has 0 spiro atoms. The number of urea groups is 2. The molecule has 0 saturated carbocycles. The van der Waals surface area contributed by atoms with Gasteiger partial charge in [0.05, 0.1) is 48.6 Å². The highest BCUT2D eigenvalue weighted by Gasteiger charge is 2.41. The third-order valence-electron chi connectivity index (χ3n) is 10.7. The molecule has 0 fully saturated rings. The zero-order valence-electron chi connectivity index (χ0n) is 43.3. The smallest absolute Gasteiger partial charge is 0.389 e. The molecule has 32 heteroatoms. The summed E-state index contributed by atoms with van der Waals surface area (Å²) in [6, 6.07) is 8.99. The summed E-state index contributed by atoms with van der Waals surface area (Å²) in [7, 11) is -1.99. The molecular formula is C48H49ClF4N12O13S2. The van der Waals surface area contributed by atoms with Crippen LogP contribution in [-0.2, 0) is 36.1 Å². The number of hydrogen-bond acceptors (Lipinski definition) is 19. The highest BCUT2D eigenvalue weighted by Crippen LogP contribution is 2.40. The van der Waals surface area contributed by atoms with Gasteiger partial charge in [0, 0.05) is 43.9 Å². The van der Waals surface area contributed by atoms with Gasteiger partial charge in [-0.25, -0.2) is 41.7 Å². The molecule has 5 aromatic rings. The van der Waals surface area contributed by atoms with Crippen molar-refractivity contribution < 1.29 is 77.3 Å². The number of hydrogen-bond donors (Lipinski definition) is 4. The molecule has 4 N–H and O–H groups in total. The number of amides is 7. The molecular weight excluding hydrogens is 1130 g/mol. The highest BCUT2D eigenvalue weighted by atomic mass is 35.5. The third-order valence-corrected chi connectivity index (χ3v) is 13.7. The first-order valence-corrected chi connectivity index (χ1v) is 26.4. The summed E-state index contributed by atoms with van der Waals surface area (Å²) in [5, 5.41) is 3.70. The number of anilines is 3. The molecule has 80 heavy (non-hydrogen) atoms. The Bertz CT molecular complexity index is 3450. The Kier molecular flexibility index (Phi) is 20.7. The second-order valence-corrected chi connectivity index (χ2v) is 20.3. The average molecular weight is 1180 g/mol. The van der Waals surface area contributed by atoms with Crippen molar-refractivity contribution in [2.24, 2.45) is 0 Å². The summed E-state index contributed by atoms with van der Waals surface area (Å²) in [5.74, 6) is 0.0956. The van der Waals surface area contributed by atoms with Crippen LogP contribution in [0.5, 0.6) is 23.5 Å². The number of methoxy groups -OCH3 is 3. The van der Waals surface area contributed by atoms with Gasteiger partial charge in [0.25, 0.3) is 37.8 Å². The summed E-state index contributed by atoms with van der Waals surface area (Å²) < 4.78 is 125. The van der Waals surface area contributed by atoms with Crippen LogP contribution in [0.3, 0.4) is 0 Å². The van der Waals surface area contributed by atoms with E-state index in [0.717, 1.165) is 29.9 Å². The zero-order chi connectivity index (χ0) is 59.3. The number of nitrogens with one attached hydrogen (secondary N) is 4. The molecule has 7 amide bonds. The Morgan fingerprint density at radius 1 is 0.825 bits per heavy atom. The number of alkyl halides is 3. The van der Waals surface area contributed by atoms with Crippen LogP contribution in [0.25, 0.3) is 0 Å². The molecule has 2 aromatic carbocycles. The lowest BCUT2D eigenvalue weighted by atomic mass is 9.93. The maximum Gasteiger partial charge on any atom is 0.389 e. The van der Waals surface area contributed by atoms with Gasteiger partial charge >= 0.3 is 24.2 Å². The number of sulfonamides is 2. The van der Waals surface area contributed by atoms with Crippen LogP contribution >= 0.6 is 11.6 Å². The fourth-order valence-electron chi connectivity index (χ4n) is 7.10. The average Bonchev–Trinajstić information content (AvgIpc) is 3.65. The lowest BCUT2D eigenvalue weighted by molar-refractivity contribution is -0.134. The van der Waals surface area contributed by atoms with Gasteiger partial charge in [0.15, 0.2) is 11.1 Å². The number of pyridine rings is 1. The second-order valence-electron chi connectivity index (χ2n) is 16.6. The first kappa shape index (κ1) is 62.1. The molecule has 0 saturated heterocycles. The van der Waals surface area contributed by atoms with E-state index in [1.54, 1.807) is 16.4 Å². The molecule has 1 atom stereocenters. The summed E-state index contributed by atoms with van der Waals surface area (Å²) in [5.41, 5.74) is 0.549. The number of carbonyl (C=O) groups excluding carboxylic acids is 5. The number of aryl methyl sites for hydroxylation is 2. The van der Waals surface area contributed by atoms with Crippen LogP contribution in [0.1, 0.15) is 60.8 Å². The Morgan fingerprint density at radius 3 is 1.95 bits per heavy atom. The monoisotopic (exact) mass is 1180 g/mol. The van der Waals surface area contributed by atoms with Crippen LogP contribution in [-0.4, -0.2) is 129 Å². The number of terminal acetylenes is 1. The van der Waals surface area contributed by atoms with Crippen molar-refractivity contribution in [3.63, 3.8) is 0 Å². The number of aromatic nitrogens is 6. The first-order chi connectivity index (χ1) is 37.6. The number of halogens is 5. The Balaban J connectivity index is 0.000000221. The SMILES string of the molecule is C#CC(C)Oc1cc(N2C(=O)C3=C(CCCC3)C2=O)c(F)cc1Cl.COc1cc(OC)nc(NC(=O)NS(=O)(=O)c2ncccc2C(=O)N(C)C)n1.COc1nc(C)nc(NC(=O)NS(=O)(=O)c2ccccc2CCC(F)(F)F)n1. The van der Waals surface area contributed by atoms with Gasteiger partial charge in [-0.3, -0.25) is 25.0 Å². The Labute approximate surface area is 460 Å². The molecule has 3 aromatic heterocycles. The van der Waals surface area contributed by atoms with E-state index in [1.165, 1.54) is 95.9 Å². The molecule has 0 radical (unpaired) electrons. The second kappa shape index (κ2) is 26.7. The molecule has 0 bridgehead atoms. The number of benzene rings is 2. The summed E-state index contributed by atoms with van der Waals surface area (Å²) in [4.78, 5) is 85.8. The fraction of sp³-hybridized carbons (Fsp3) is 0.312. The largest absolute Gasteiger partial charge is 0.481 e. The normalized spacial score (nSPS) is 13.4. The topological polar surface area (TPSA) is 322 Å². The minimum absolute atomic E-state index is 0.0233. The number of rotatable bonds is 15. The molecule has 7 rings (SSSR count). The van der Waals surface area contributed by atoms with Gasteiger partial charge in [-0.2, -0.15) is 46.5 Å². The van der Waals surface area contributed by atoms with E-state index >= 15 is 0 Å². The zero-order valence-corrected chi connectivity index (χ0v) is 45.7. The number of imide groups is 1. The van der Waals surface area contributed by atoms with Crippen molar-refractivity contribution in [1.82, 2.24) is 44.2 Å². The van der Waals surface area contributed by atoms with Crippen LogP contribution in [0.2, 0.25) is 5.02 Å². The molecule has 4 heterocycles. The molecule has 2 aliphatic rings. The van der Waals surface area contributed by atoms with E-state index in [4.69, 9.17) is 37.0 Å². The summed E-state index contributed by atoms with van der Waals surface area (Å²) >= 11 is 5.97. The standard InChI is InChI=1S/C18H15ClFNO3.C15H16F3N5O4S.C15H18N6O6S/c1-3-10(2)24-16-9-15(14(20)8-13(16)19)21-17(22)11-6-4-5-7-12(11)18(21)23;1-9-19-12(22-14(20-9)27-2)21-13(24)23-28(25,26)11-6-4-3-5-10(11)7-8-15(16,17)18;1-21(2)13(22)9-6-5-7-16-12(9)28(24,25)20-15(23)19-14-17-10(26-3)8-11(18-14)27-4/h1,8-10H,4-7H2,2H3;3-6H,7-8H2,1-2H3,(H2,19,20,21,22,23,24);5-8H,1-4H3,(H2,17,18,19,20,23). The predicted molar refractivity (Wildman–Crippen MR) is 276 cm³/mol. The summed E-state index contributed by atoms with van der Waals surface area (Å²) in [6.07, 6.45) is 2.46. The van der Waals surface area contributed by atoms with E-state index < -0.39 is 90.7 Å². The van der Waals surface area contributed by atoms with E-state index in [9.17, 15) is 58.4 Å². The van der Waals surface area contributed by atoms with Crippen LogP contribution in [0.15, 0.2) is 81.9 Å². The lowest BCUT2D eigenvalue weighted by Crippen LogP contribution is -2.36. The van der Waals surface area contributed by atoms with E-state index in [0.29, 0.717) is 24.0 Å². The third kappa shape index (κ3) is 16.4. The lowest BCUT2D eigenvalue weighted by Gasteiger charge is -2.19. The van der Waals surface area contributed by atoms with Gasteiger partial charge in [0.1, 0.15) is 17.4 Å². The van der Waals surface area contributed by atoms with Crippen molar-refractivity contribution in [3.8, 4) is 35.9 Å². The van der Waals surface area contributed by atoms with Crippen LogP contribution in [0, 0.1) is 25.1 Å². The molecule has 1 unspecified atom stereocenters. The highest BCUT2D eigenvalue weighted by molar-refractivity contribution is 7.90. The van der Waals surface area contributed by atoms with Crippen molar-refractivity contribution in [1.29, 1.82) is 0 Å². The minimum Gasteiger partial charge on any atom is -0.481 e. The Hall–Kier alpha value is -8.76. The predicted octanol–water partition coefficient (Wildman–Crippen LogP) is 5.92. The number of ether oxygens (including phenoxy) is 4. The minimum atomic E-state index is -4.46. The van der Waals surface area contributed by atoms with Gasteiger partial charge in [-0.1, -0.05) is 35.7 Å². The van der Waals surface area contributed by atoms with Gasteiger partial charge in [0.2, 0.25) is 23.7 Å². The summed E-state index contributed by atoms with van der Waals surface area (Å²) in [6.45, 7) is 3.13. The maximum absolute atomic E-state index is 14.4. The van der Waals surface area contributed by atoms with Crippen molar-refractivity contribution in [2.75, 3.05) is 51.0 Å². The molecule has 25 nitrogen and oxygen atoms in total. The molecule has 426 valence electrons. The van der Waals surface area contributed by atoms with Gasteiger partial charge < -0.3 is 23.8 Å². The van der Waals surface area contributed by atoms with Crippen LogP contribution in [0.4, 0.5) is 44.7 Å². The van der Waals surface area contributed by atoms with E-state index in [-0.39, 0.29) is 63.1 Å². The maximum atomic E-state index is 14.4. The quantitative estimate of drug-likeness (QED) is 0.0537. The molecule has 1 aliphatic carbocycles. The Morgan fingerprint density at radius 2 is 1.40 bits per heavy atom. The van der Waals surface area contributed by atoms with E-state index in [2.05, 4.69) is 46.5 Å². The van der Waals surface area contributed by atoms with Crippen molar-refractivity contribution in [2.45, 2.75) is 74.6 Å².